The number of likely N-dealkylation sites (N-methyl/N-ethyl adjacent to an activating group) is 1. The number of hydrogen-bond acceptors (Lipinski definition) is 9. The Bertz CT molecular complexity index is 1650. The fourth-order valence-electron chi connectivity index (χ4n) is 13.1. The molecular formula is C41H59N3O7. The summed E-state index contributed by atoms with van der Waals surface area (Å²) in [5, 5.41) is 22.2. The van der Waals surface area contributed by atoms with Crippen molar-refractivity contribution >= 4 is 17.3 Å². The molecule has 8 rings (SSSR count). The third-order valence-electron chi connectivity index (χ3n) is 15.8. The number of aromatic nitrogens is 2. The topological polar surface area (TPSA) is 131 Å². The number of ether oxygens (including phenoxy) is 3. The number of nitrogens with zero attached hydrogens (tertiary/aromatic N) is 3. The second-order valence-corrected chi connectivity index (χ2v) is 17.7. The van der Waals surface area contributed by atoms with E-state index in [1.54, 1.807) is 19.5 Å². The summed E-state index contributed by atoms with van der Waals surface area (Å²) in [7, 11) is 1.68. The Kier molecular flexibility index (Phi) is 8.64. The van der Waals surface area contributed by atoms with E-state index in [4.69, 9.17) is 14.2 Å². The normalized spacial score (nSPS) is 41.3. The molecular weight excluding hydrogens is 646 g/mol. The van der Waals surface area contributed by atoms with Crippen molar-refractivity contribution in [2.45, 2.75) is 91.3 Å². The zero-order valence-electron chi connectivity index (χ0n) is 31.3. The summed E-state index contributed by atoms with van der Waals surface area (Å²) in [6, 6.07) is 0. The van der Waals surface area contributed by atoms with Crippen molar-refractivity contribution in [1.82, 2.24) is 14.9 Å². The van der Waals surface area contributed by atoms with Crippen molar-refractivity contribution in [3.8, 4) is 5.88 Å². The Labute approximate surface area is 303 Å². The van der Waals surface area contributed by atoms with E-state index in [1.807, 2.05) is 13.0 Å². The molecule has 11 atom stereocenters. The molecule has 10 heteroatoms. The van der Waals surface area contributed by atoms with Gasteiger partial charge in [0.25, 0.3) is 0 Å². The summed E-state index contributed by atoms with van der Waals surface area (Å²) in [5.41, 5.74) is 0.907. The molecule has 1 aromatic heterocycles. The summed E-state index contributed by atoms with van der Waals surface area (Å²) in [6.45, 7) is 14.8. The fraction of sp³-hybridized carbons (Fsp3) is 0.756. The van der Waals surface area contributed by atoms with E-state index < -0.39 is 17.0 Å². The fourth-order valence-corrected chi connectivity index (χ4v) is 13.1. The monoisotopic (exact) mass is 705 g/mol. The number of aliphatic carboxylic acids is 1. The molecule has 1 aliphatic heterocycles. The number of methoxy groups -OCH3 is 1. The highest BCUT2D eigenvalue weighted by molar-refractivity contribution is 6.25. The average Bonchev–Trinajstić information content (AvgIpc) is 3.90. The van der Waals surface area contributed by atoms with Gasteiger partial charge >= 0.3 is 5.97 Å². The molecule has 280 valence electrons. The van der Waals surface area contributed by atoms with Gasteiger partial charge in [-0.1, -0.05) is 33.3 Å². The second-order valence-electron chi connectivity index (χ2n) is 17.7. The lowest BCUT2D eigenvalue weighted by Gasteiger charge is -2.60. The van der Waals surface area contributed by atoms with E-state index in [0.717, 1.165) is 50.8 Å². The lowest BCUT2D eigenvalue weighted by Crippen LogP contribution is -2.60. The van der Waals surface area contributed by atoms with Crippen LogP contribution in [0.1, 0.15) is 86.7 Å². The van der Waals surface area contributed by atoms with Gasteiger partial charge < -0.3 is 24.4 Å². The molecule has 2 heterocycles. The molecule has 0 bridgehead atoms. The minimum Gasteiger partial charge on any atom is -0.478 e. The highest BCUT2D eigenvalue weighted by atomic mass is 16.6. The van der Waals surface area contributed by atoms with Crippen LogP contribution in [0, 0.1) is 57.7 Å². The number of allylic oxidation sites excluding steroid dienone is 2. The van der Waals surface area contributed by atoms with Crippen LogP contribution in [0.15, 0.2) is 29.6 Å². The van der Waals surface area contributed by atoms with Gasteiger partial charge in [0.05, 0.1) is 43.5 Å². The smallest absolute Gasteiger partial charge is 0.332 e. The van der Waals surface area contributed by atoms with Crippen molar-refractivity contribution in [2.24, 2.45) is 57.7 Å². The number of carboxylic acids is 1. The van der Waals surface area contributed by atoms with E-state index in [0.29, 0.717) is 78.7 Å². The maximum atomic E-state index is 14.8. The first-order valence-corrected chi connectivity index (χ1v) is 19.6. The van der Waals surface area contributed by atoms with E-state index in [-0.39, 0.29) is 36.0 Å². The molecule has 0 amide bonds. The number of rotatable bonds is 14. The Morgan fingerprint density at radius 2 is 1.94 bits per heavy atom. The van der Waals surface area contributed by atoms with Crippen LogP contribution in [0.3, 0.4) is 0 Å². The molecule has 6 aliphatic carbocycles. The van der Waals surface area contributed by atoms with Gasteiger partial charge in [0.15, 0.2) is 5.78 Å². The number of carbonyl (C=O) groups excluding carboxylic acids is 1. The zero-order chi connectivity index (χ0) is 36.1. The van der Waals surface area contributed by atoms with Crippen molar-refractivity contribution in [3.63, 3.8) is 0 Å². The minimum atomic E-state index is -0.924. The third-order valence-corrected chi connectivity index (χ3v) is 15.8. The van der Waals surface area contributed by atoms with E-state index in [1.165, 1.54) is 12.8 Å². The van der Waals surface area contributed by atoms with Gasteiger partial charge in [-0.25, -0.2) is 14.8 Å². The van der Waals surface area contributed by atoms with Crippen molar-refractivity contribution in [1.29, 1.82) is 0 Å². The summed E-state index contributed by atoms with van der Waals surface area (Å²) >= 11 is 0. The van der Waals surface area contributed by atoms with Crippen LogP contribution in [0.4, 0.5) is 0 Å². The molecule has 0 aromatic carbocycles. The number of fused-ring (bicyclic) bond motifs is 6. The molecule has 1 spiro atoms. The zero-order valence-corrected chi connectivity index (χ0v) is 31.3. The molecule has 51 heavy (non-hydrogen) atoms. The maximum absolute atomic E-state index is 14.8. The van der Waals surface area contributed by atoms with E-state index >= 15 is 0 Å². The van der Waals surface area contributed by atoms with Crippen LogP contribution in [0.2, 0.25) is 0 Å². The first kappa shape index (κ1) is 35.4. The van der Waals surface area contributed by atoms with E-state index in [2.05, 4.69) is 42.6 Å². The Hall–Kier alpha value is -2.66. The third kappa shape index (κ3) is 4.94. The molecule has 5 saturated carbocycles. The lowest BCUT2D eigenvalue weighted by atomic mass is 9.43. The lowest BCUT2D eigenvalue weighted by molar-refractivity contribution is -0.157. The number of carbonyl (C=O) groups is 2. The molecule has 6 fully saturated rings. The largest absolute Gasteiger partial charge is 0.478 e. The first-order valence-electron chi connectivity index (χ1n) is 19.6. The predicted octanol–water partition coefficient (Wildman–Crippen LogP) is 5.70. The van der Waals surface area contributed by atoms with Gasteiger partial charge in [0.2, 0.25) is 5.88 Å². The molecule has 1 aromatic rings. The van der Waals surface area contributed by atoms with Crippen molar-refractivity contribution < 1.29 is 35.4 Å². The highest BCUT2D eigenvalue weighted by Crippen LogP contribution is 2.98. The minimum absolute atomic E-state index is 0. The van der Waals surface area contributed by atoms with Crippen LogP contribution < -0.4 is 4.74 Å². The molecule has 1 saturated heterocycles. The van der Waals surface area contributed by atoms with Crippen molar-refractivity contribution in [3.05, 3.63) is 35.3 Å². The van der Waals surface area contributed by atoms with E-state index in [9.17, 15) is 19.8 Å². The summed E-state index contributed by atoms with van der Waals surface area (Å²) in [6.07, 6.45) is 12.4. The Morgan fingerprint density at radius 1 is 1.16 bits per heavy atom. The number of hydrogen-bond donors (Lipinski definition) is 2. The second kappa shape index (κ2) is 12.5. The van der Waals surface area contributed by atoms with Crippen LogP contribution in [-0.4, -0.2) is 95.1 Å². The highest BCUT2D eigenvalue weighted by Gasteiger charge is 3.02. The molecule has 7 aliphatic rings. The summed E-state index contributed by atoms with van der Waals surface area (Å²) in [5.74, 6) is 2.67. The van der Waals surface area contributed by atoms with Gasteiger partial charge in [-0.15, -0.1) is 0 Å². The predicted molar refractivity (Wildman–Crippen MR) is 193 cm³/mol. The average molecular weight is 706 g/mol. The maximum Gasteiger partial charge on any atom is 0.332 e. The standard InChI is InChI=1S/C41H57N3O7.H2/c1-7-44(14-15-49-6)20-28(37(46)47)23(2)8-9-24(3)29-10-11-30-26-16-32-35-40(48)17-27(33-18-43-34(19-42-33)51-25-21-50-22-25)36(45)39(5,41(32,35)40)31(26)12-13-38(29,30)4;/h17-19,24-26,29-32,35,48H,7-16,20-22H2,1-6H3,(H,46,47);1H/b28-23-;/t24-,26+,29-,30+,31+,32+,35?,38?,39+,40-,41-;/m1./s1. The van der Waals surface area contributed by atoms with Gasteiger partial charge in [0.1, 0.15) is 6.10 Å². The van der Waals surface area contributed by atoms with Gasteiger partial charge in [-0.3, -0.25) is 9.69 Å². The van der Waals surface area contributed by atoms with Gasteiger partial charge in [0, 0.05) is 49.5 Å². The first-order chi connectivity index (χ1) is 24.4. The number of aliphatic hydroxyl groups is 1. The SMILES string of the molecule is CCN(CCOC)C/C(C(=O)O)=C(\C)CC[C@@H](C)[C@H]1CC[C@H]2[C@@H]3C[C@H]4C5[C@]46[C@@]5(O)C=C(c4cnc(OC5COC5)cn4)C(=O)[C@]6(C)[C@H]3CCC12C.[HH]. The number of Topliss-reactive ketones (excluding diaryl/α,β-unsaturated/α-hetero) is 1. The summed E-state index contributed by atoms with van der Waals surface area (Å²) in [4.78, 5) is 38.4. The number of ketones is 1. The Balaban J connectivity index is 0.00000420. The quantitative estimate of drug-likeness (QED) is 0.233. The van der Waals surface area contributed by atoms with Crippen LogP contribution in [0.25, 0.3) is 5.57 Å². The Morgan fingerprint density at radius 3 is 2.59 bits per heavy atom. The summed E-state index contributed by atoms with van der Waals surface area (Å²) < 4.78 is 16.3. The van der Waals surface area contributed by atoms with Crippen molar-refractivity contribution in [2.75, 3.05) is 46.6 Å². The molecule has 2 unspecified atom stereocenters. The number of carboxylic acid groups (broad SMARTS) is 1. The van der Waals surface area contributed by atoms with Crippen LogP contribution in [0.5, 0.6) is 5.88 Å². The molecule has 2 N–H and O–H groups in total. The molecule has 10 nitrogen and oxygen atoms in total. The molecule has 0 radical (unpaired) electrons. The van der Waals surface area contributed by atoms with Crippen LogP contribution >= 0.6 is 0 Å². The van der Waals surface area contributed by atoms with Gasteiger partial charge in [-0.05, 0) is 105 Å². The van der Waals surface area contributed by atoms with Crippen LogP contribution in [-0.2, 0) is 19.1 Å². The van der Waals surface area contributed by atoms with Gasteiger partial charge in [-0.2, -0.15) is 0 Å².